The van der Waals surface area contributed by atoms with Gasteiger partial charge >= 0.3 is 0 Å². The molecule has 5 atom stereocenters. The average molecular weight is 322 g/mol. The van der Waals surface area contributed by atoms with Crippen LogP contribution >= 0.6 is 11.8 Å². The topological polar surface area (TPSA) is 147 Å². The number of thioether (sulfide) groups is 1. The first-order valence-electron chi connectivity index (χ1n) is 6.45. The van der Waals surface area contributed by atoms with Gasteiger partial charge in [-0.1, -0.05) is 40.2 Å². The highest BCUT2D eigenvalue weighted by molar-refractivity contribution is 7.99. The van der Waals surface area contributed by atoms with Crippen LogP contribution in [0, 0.1) is 0 Å². The molecular formula is C12H14N6O3S. The van der Waals surface area contributed by atoms with Gasteiger partial charge in [-0.3, -0.25) is 0 Å². The zero-order valence-electron chi connectivity index (χ0n) is 11.4. The Balaban J connectivity index is 2.21. The fourth-order valence-corrected chi connectivity index (χ4v) is 3.23. The van der Waals surface area contributed by atoms with E-state index in [9.17, 15) is 10.2 Å². The molecule has 1 aliphatic heterocycles. The van der Waals surface area contributed by atoms with E-state index in [0.717, 1.165) is 4.90 Å². The van der Waals surface area contributed by atoms with Crippen LogP contribution in [0.1, 0.15) is 0 Å². The van der Waals surface area contributed by atoms with Crippen LogP contribution in [0.5, 0.6) is 0 Å². The Kier molecular flexibility index (Phi) is 5.91. The molecule has 116 valence electrons. The maximum absolute atomic E-state index is 10.1. The van der Waals surface area contributed by atoms with Crippen molar-refractivity contribution in [1.29, 1.82) is 0 Å². The van der Waals surface area contributed by atoms with Crippen LogP contribution in [0.25, 0.3) is 20.9 Å². The number of rotatable bonds is 5. The van der Waals surface area contributed by atoms with Crippen LogP contribution < -0.4 is 0 Å². The Bertz CT molecular complexity index is 588. The van der Waals surface area contributed by atoms with Crippen LogP contribution in [-0.2, 0) is 4.74 Å². The largest absolute Gasteiger partial charge is 0.390 e. The van der Waals surface area contributed by atoms with Gasteiger partial charge in [-0.05, 0) is 23.2 Å². The van der Waals surface area contributed by atoms with E-state index in [2.05, 4.69) is 20.1 Å². The van der Waals surface area contributed by atoms with E-state index in [1.165, 1.54) is 11.8 Å². The van der Waals surface area contributed by atoms with Crippen molar-refractivity contribution in [2.75, 3.05) is 6.54 Å². The van der Waals surface area contributed by atoms with Crippen LogP contribution in [0.3, 0.4) is 0 Å². The van der Waals surface area contributed by atoms with Gasteiger partial charge in [-0.2, -0.15) is 0 Å². The molecule has 1 saturated heterocycles. The van der Waals surface area contributed by atoms with E-state index in [4.69, 9.17) is 15.8 Å². The predicted molar refractivity (Wildman–Crippen MR) is 79.9 cm³/mol. The number of azide groups is 2. The van der Waals surface area contributed by atoms with E-state index in [0.29, 0.717) is 0 Å². The van der Waals surface area contributed by atoms with Crippen molar-refractivity contribution in [3.63, 3.8) is 0 Å². The van der Waals surface area contributed by atoms with Crippen molar-refractivity contribution >= 4 is 11.8 Å². The summed E-state index contributed by atoms with van der Waals surface area (Å²) in [7, 11) is 0. The summed E-state index contributed by atoms with van der Waals surface area (Å²) in [5.41, 5.74) is 16.3. The minimum absolute atomic E-state index is 0.121. The molecule has 1 fully saturated rings. The molecule has 0 aromatic heterocycles. The van der Waals surface area contributed by atoms with E-state index in [1.54, 1.807) is 0 Å². The molecule has 0 bridgehead atoms. The quantitative estimate of drug-likeness (QED) is 0.485. The lowest BCUT2D eigenvalue weighted by Crippen LogP contribution is -2.56. The Labute approximate surface area is 130 Å². The third-order valence-corrected chi connectivity index (χ3v) is 4.34. The van der Waals surface area contributed by atoms with Crippen molar-refractivity contribution in [1.82, 2.24) is 0 Å². The highest BCUT2D eigenvalue weighted by atomic mass is 32.2. The highest BCUT2D eigenvalue weighted by Crippen LogP contribution is 2.35. The zero-order chi connectivity index (χ0) is 15.9. The summed E-state index contributed by atoms with van der Waals surface area (Å²) < 4.78 is 5.66. The molecule has 0 radical (unpaired) electrons. The highest BCUT2D eigenvalue weighted by Gasteiger charge is 2.44. The van der Waals surface area contributed by atoms with Crippen molar-refractivity contribution < 1.29 is 14.9 Å². The van der Waals surface area contributed by atoms with Crippen molar-refractivity contribution in [2.45, 2.75) is 34.7 Å². The second kappa shape index (κ2) is 7.90. The molecule has 1 aromatic carbocycles. The molecular weight excluding hydrogens is 308 g/mol. The standard InChI is InChI=1S/C12H14N6O3S/c13-17-15-6-8-10(19)11(20)9(16-18-14)12(21-8)22-7-4-2-1-3-5-7/h1-5,8-12,19-20H,6H2/t8?,9?,10-,11-,12?/m1/s1. The van der Waals surface area contributed by atoms with Crippen LogP contribution in [0.2, 0.25) is 0 Å². The first-order chi connectivity index (χ1) is 10.7. The minimum Gasteiger partial charge on any atom is -0.390 e. The Morgan fingerprint density at radius 3 is 2.50 bits per heavy atom. The van der Waals surface area contributed by atoms with Gasteiger partial charge in [-0.25, -0.2) is 0 Å². The Morgan fingerprint density at radius 1 is 1.14 bits per heavy atom. The molecule has 10 heteroatoms. The lowest BCUT2D eigenvalue weighted by atomic mass is 9.98. The molecule has 0 amide bonds. The first kappa shape index (κ1) is 16.4. The second-order valence-corrected chi connectivity index (χ2v) is 5.74. The van der Waals surface area contributed by atoms with Gasteiger partial charge in [-0.15, -0.1) is 0 Å². The molecule has 3 unspecified atom stereocenters. The van der Waals surface area contributed by atoms with Crippen LogP contribution in [0.4, 0.5) is 0 Å². The number of hydrogen-bond donors (Lipinski definition) is 2. The molecule has 0 aliphatic carbocycles. The van der Waals surface area contributed by atoms with Crippen LogP contribution in [-0.4, -0.2) is 46.5 Å². The van der Waals surface area contributed by atoms with E-state index in [-0.39, 0.29) is 6.54 Å². The molecule has 1 aromatic rings. The molecule has 0 saturated carbocycles. The van der Waals surface area contributed by atoms with E-state index in [1.807, 2.05) is 30.3 Å². The number of benzene rings is 1. The maximum Gasteiger partial charge on any atom is 0.119 e. The fourth-order valence-electron chi connectivity index (χ4n) is 2.10. The Morgan fingerprint density at radius 2 is 1.86 bits per heavy atom. The summed E-state index contributed by atoms with van der Waals surface area (Å²) in [6, 6.07) is 8.29. The van der Waals surface area contributed by atoms with Crippen LogP contribution in [0.15, 0.2) is 45.5 Å². The molecule has 22 heavy (non-hydrogen) atoms. The lowest BCUT2D eigenvalue weighted by Gasteiger charge is -2.40. The zero-order valence-corrected chi connectivity index (χ0v) is 12.2. The molecule has 0 spiro atoms. The SMILES string of the molecule is [N-]=[N+]=NCC1OC(Sc2ccccc2)C(N=[N+]=[N-])[C@@H](O)[C@@H]1O. The Hall–Kier alpha value is -1.93. The summed E-state index contributed by atoms with van der Waals surface area (Å²) in [4.78, 5) is 6.18. The molecule has 9 nitrogen and oxygen atoms in total. The number of aliphatic hydroxyl groups is 2. The van der Waals surface area contributed by atoms with E-state index < -0.39 is 29.8 Å². The average Bonchev–Trinajstić information content (AvgIpc) is 2.54. The van der Waals surface area contributed by atoms with Gasteiger partial charge in [0.05, 0.1) is 18.8 Å². The number of nitrogens with zero attached hydrogens (tertiary/aromatic N) is 6. The monoisotopic (exact) mass is 322 g/mol. The summed E-state index contributed by atoms with van der Waals surface area (Å²) in [5, 5.41) is 27.0. The van der Waals surface area contributed by atoms with Gasteiger partial charge in [0, 0.05) is 14.7 Å². The van der Waals surface area contributed by atoms with Gasteiger partial charge in [0.1, 0.15) is 17.6 Å². The number of ether oxygens (including phenoxy) is 1. The molecule has 2 rings (SSSR count). The maximum atomic E-state index is 10.1. The third kappa shape index (κ3) is 3.83. The second-order valence-electron chi connectivity index (χ2n) is 4.56. The summed E-state index contributed by atoms with van der Waals surface area (Å²) in [6.45, 7) is -0.121. The van der Waals surface area contributed by atoms with Gasteiger partial charge in [0.15, 0.2) is 0 Å². The summed E-state index contributed by atoms with van der Waals surface area (Å²) in [6.07, 6.45) is -3.46. The lowest BCUT2D eigenvalue weighted by molar-refractivity contribution is -0.150. The van der Waals surface area contributed by atoms with Gasteiger partial charge in [0.25, 0.3) is 0 Å². The normalized spacial score (nSPS) is 30.9. The number of hydrogen-bond acceptors (Lipinski definition) is 6. The van der Waals surface area contributed by atoms with Crippen molar-refractivity contribution in [3.05, 3.63) is 51.2 Å². The van der Waals surface area contributed by atoms with Gasteiger partial charge < -0.3 is 14.9 Å². The first-order valence-corrected chi connectivity index (χ1v) is 7.33. The summed E-state index contributed by atoms with van der Waals surface area (Å²) >= 11 is 1.26. The predicted octanol–water partition coefficient (Wildman–Crippen LogP) is 2.21. The summed E-state index contributed by atoms with van der Waals surface area (Å²) in [5.74, 6) is 0. The molecule has 1 heterocycles. The van der Waals surface area contributed by atoms with Crippen molar-refractivity contribution in [3.8, 4) is 0 Å². The van der Waals surface area contributed by atoms with Gasteiger partial charge in [0.2, 0.25) is 0 Å². The smallest absolute Gasteiger partial charge is 0.119 e. The fraction of sp³-hybridized carbons (Fsp3) is 0.500. The number of aliphatic hydroxyl groups excluding tert-OH is 2. The molecule has 2 N–H and O–H groups in total. The molecule has 1 aliphatic rings. The van der Waals surface area contributed by atoms with Crippen molar-refractivity contribution in [2.24, 2.45) is 10.2 Å². The minimum atomic E-state index is -1.30. The van der Waals surface area contributed by atoms with E-state index >= 15 is 0 Å². The third-order valence-electron chi connectivity index (χ3n) is 3.17.